The number of aryl methyl sites for hydroxylation is 1. The van der Waals surface area contributed by atoms with E-state index in [-0.39, 0.29) is 6.04 Å². The average Bonchev–Trinajstić information content (AvgIpc) is 3.27. The minimum absolute atomic E-state index is 0.289. The van der Waals surface area contributed by atoms with Gasteiger partial charge in [-0.1, -0.05) is 0 Å². The van der Waals surface area contributed by atoms with Crippen LogP contribution >= 0.6 is 0 Å². The standard InChI is InChI=1S/C29H31F3N6O/c1-18-14-21(28-33-16-22-15-23(29(30,31)32)5-6-24(22)34-28)4-7-25(18)37-8-9-38-26(17-37)19(2)27(35-38)20(3)36-10-12-39-13-11-36/h4-7,14-17,20,35H,8-13H2,1-3H3. The van der Waals surface area contributed by atoms with E-state index in [2.05, 4.69) is 63.2 Å². The molecule has 1 unspecified atom stereocenters. The summed E-state index contributed by atoms with van der Waals surface area (Å²) < 4.78 is 44.7. The number of fused-ring (bicyclic) bond motifs is 2. The maximum Gasteiger partial charge on any atom is 0.416 e. The average molecular weight is 537 g/mol. The van der Waals surface area contributed by atoms with Crippen LogP contribution in [0.15, 0.2) is 65.8 Å². The van der Waals surface area contributed by atoms with Crippen molar-refractivity contribution >= 4 is 16.6 Å². The molecule has 7 nitrogen and oxygen atoms in total. The number of ether oxygens (including phenoxy) is 1. The first kappa shape index (κ1) is 25.6. The van der Waals surface area contributed by atoms with Crippen LogP contribution in [-0.2, 0) is 10.9 Å². The molecule has 6 rings (SSSR count). The van der Waals surface area contributed by atoms with E-state index in [1.807, 2.05) is 12.1 Å². The number of hydrogen-bond donors (Lipinski definition) is 1. The van der Waals surface area contributed by atoms with E-state index in [1.54, 1.807) is 0 Å². The van der Waals surface area contributed by atoms with Crippen LogP contribution in [0.4, 0.5) is 18.9 Å². The summed E-state index contributed by atoms with van der Waals surface area (Å²) in [6.45, 7) is 11.6. The smallest absolute Gasteiger partial charge is 0.379 e. The molecule has 1 N–H and O–H groups in total. The molecule has 1 atom stereocenters. The van der Waals surface area contributed by atoms with E-state index in [0.29, 0.717) is 16.7 Å². The maximum absolute atomic E-state index is 13.1. The topological polar surface area (TPSA) is 56.8 Å². The van der Waals surface area contributed by atoms with Gasteiger partial charge in [0.2, 0.25) is 0 Å². The molecular weight excluding hydrogens is 505 g/mol. The third kappa shape index (κ3) is 4.83. The fourth-order valence-corrected chi connectivity index (χ4v) is 5.60. The lowest BCUT2D eigenvalue weighted by Gasteiger charge is -2.35. The molecule has 4 heterocycles. The second-order valence-corrected chi connectivity index (χ2v) is 10.3. The Labute approximate surface area is 225 Å². The fourth-order valence-electron chi connectivity index (χ4n) is 5.60. The van der Waals surface area contributed by atoms with Crippen molar-refractivity contribution in [2.45, 2.75) is 33.0 Å². The molecule has 1 fully saturated rings. The Morgan fingerprint density at radius 1 is 1.00 bits per heavy atom. The Morgan fingerprint density at radius 3 is 2.54 bits per heavy atom. The quantitative estimate of drug-likeness (QED) is 0.498. The first-order valence-electron chi connectivity index (χ1n) is 13.2. The fraction of sp³-hybridized carbons (Fsp3) is 0.379. The number of benzene rings is 2. The van der Waals surface area contributed by atoms with Crippen molar-refractivity contribution in [2.75, 3.05) is 44.3 Å². The molecule has 0 aliphatic carbocycles. The zero-order chi connectivity index (χ0) is 27.3. The van der Waals surface area contributed by atoms with E-state index >= 15 is 0 Å². The van der Waals surface area contributed by atoms with Gasteiger partial charge in [0.25, 0.3) is 0 Å². The number of morpholine rings is 1. The van der Waals surface area contributed by atoms with E-state index in [4.69, 9.17) is 4.74 Å². The Morgan fingerprint density at radius 2 is 1.79 bits per heavy atom. The predicted octanol–water partition coefficient (Wildman–Crippen LogP) is 5.10. The highest BCUT2D eigenvalue weighted by atomic mass is 19.4. The number of hydrogen-bond acceptors (Lipinski definition) is 7. The third-order valence-corrected chi connectivity index (χ3v) is 7.86. The van der Waals surface area contributed by atoms with Crippen molar-refractivity contribution < 1.29 is 17.9 Å². The molecule has 0 radical (unpaired) electrons. The van der Waals surface area contributed by atoms with Crippen LogP contribution in [0.2, 0.25) is 0 Å². The molecule has 0 bridgehead atoms. The third-order valence-electron chi connectivity index (χ3n) is 7.86. The van der Waals surface area contributed by atoms with E-state index < -0.39 is 11.7 Å². The number of nitrogens with zero attached hydrogens (tertiary/aromatic N) is 5. The first-order valence-corrected chi connectivity index (χ1v) is 13.2. The Hall–Kier alpha value is -3.63. The highest BCUT2D eigenvalue weighted by Gasteiger charge is 2.33. The number of aromatic nitrogens is 2. The molecule has 3 aromatic rings. The molecule has 0 spiro atoms. The maximum atomic E-state index is 13.1. The molecule has 10 heteroatoms. The zero-order valence-electron chi connectivity index (χ0n) is 22.2. The minimum Gasteiger partial charge on any atom is -0.379 e. The van der Waals surface area contributed by atoms with Gasteiger partial charge in [0.05, 0.1) is 42.2 Å². The normalized spacial score (nSPS) is 19.3. The highest BCUT2D eigenvalue weighted by Crippen LogP contribution is 2.34. The molecule has 204 valence electrons. The van der Waals surface area contributed by atoms with Crippen molar-refractivity contribution in [3.63, 3.8) is 0 Å². The van der Waals surface area contributed by atoms with Crippen molar-refractivity contribution in [3.8, 4) is 11.4 Å². The van der Waals surface area contributed by atoms with Crippen LogP contribution in [-0.4, -0.2) is 65.3 Å². The second kappa shape index (κ2) is 9.84. The summed E-state index contributed by atoms with van der Waals surface area (Å²) >= 11 is 0. The largest absolute Gasteiger partial charge is 0.416 e. The molecule has 2 aromatic carbocycles. The van der Waals surface area contributed by atoms with Crippen LogP contribution in [0.1, 0.15) is 25.0 Å². The Kier molecular flexibility index (Phi) is 6.47. The van der Waals surface area contributed by atoms with Gasteiger partial charge in [-0.25, -0.2) is 9.97 Å². The van der Waals surface area contributed by atoms with E-state index in [9.17, 15) is 13.2 Å². The molecular formula is C29H31F3N6O. The van der Waals surface area contributed by atoms with Gasteiger partial charge in [0.1, 0.15) is 0 Å². The molecule has 3 aliphatic heterocycles. The Balaban J connectivity index is 1.24. The van der Waals surface area contributed by atoms with Crippen molar-refractivity contribution in [1.29, 1.82) is 0 Å². The summed E-state index contributed by atoms with van der Waals surface area (Å²) in [5.74, 6) is 0.487. The van der Waals surface area contributed by atoms with Crippen molar-refractivity contribution in [1.82, 2.24) is 25.3 Å². The summed E-state index contributed by atoms with van der Waals surface area (Å²) in [5.41, 5.74) is 10.1. The molecule has 39 heavy (non-hydrogen) atoms. The van der Waals surface area contributed by atoms with Gasteiger partial charge in [-0.3, -0.25) is 9.91 Å². The predicted molar refractivity (Wildman–Crippen MR) is 145 cm³/mol. The van der Waals surface area contributed by atoms with Crippen LogP contribution in [0, 0.1) is 6.92 Å². The van der Waals surface area contributed by atoms with E-state index in [0.717, 1.165) is 68.3 Å². The van der Waals surface area contributed by atoms with Gasteiger partial charge >= 0.3 is 6.18 Å². The highest BCUT2D eigenvalue weighted by molar-refractivity contribution is 5.80. The van der Waals surface area contributed by atoms with Crippen LogP contribution in [0.25, 0.3) is 22.3 Å². The SMILES string of the molecule is CC1=C(C(C)N2CCOCC2)NN2CCN(c3ccc(-c4ncc5cc(C(F)(F)F)ccc5n4)cc3C)C=C12. The number of anilines is 1. The number of halogens is 3. The number of rotatable bonds is 4. The molecule has 0 amide bonds. The number of alkyl halides is 3. The summed E-state index contributed by atoms with van der Waals surface area (Å²) in [5, 5.41) is 2.59. The second-order valence-electron chi connectivity index (χ2n) is 10.3. The van der Waals surface area contributed by atoms with Crippen LogP contribution < -0.4 is 10.3 Å². The molecule has 3 aliphatic rings. The van der Waals surface area contributed by atoms with Gasteiger partial charge < -0.3 is 15.1 Å². The van der Waals surface area contributed by atoms with Gasteiger partial charge in [-0.05, 0) is 68.3 Å². The summed E-state index contributed by atoms with van der Waals surface area (Å²) in [7, 11) is 0. The minimum atomic E-state index is -4.40. The molecule has 1 aromatic heterocycles. The summed E-state index contributed by atoms with van der Waals surface area (Å²) in [6.07, 6.45) is -0.735. The number of nitrogens with one attached hydrogen (secondary N) is 1. The molecule has 0 saturated carbocycles. The van der Waals surface area contributed by atoms with Gasteiger partial charge in [0, 0.05) is 54.7 Å². The van der Waals surface area contributed by atoms with E-state index in [1.165, 1.54) is 29.2 Å². The Bertz CT molecular complexity index is 1480. The van der Waals surface area contributed by atoms with Gasteiger partial charge in [-0.15, -0.1) is 0 Å². The van der Waals surface area contributed by atoms with Crippen LogP contribution in [0.5, 0.6) is 0 Å². The number of allylic oxidation sites excluding steroid dienone is 1. The monoisotopic (exact) mass is 536 g/mol. The lowest BCUT2D eigenvalue weighted by atomic mass is 10.1. The van der Waals surface area contributed by atoms with Crippen LogP contribution in [0.3, 0.4) is 0 Å². The van der Waals surface area contributed by atoms with Gasteiger partial charge in [-0.2, -0.15) is 13.2 Å². The lowest BCUT2D eigenvalue weighted by molar-refractivity contribution is -0.137. The van der Waals surface area contributed by atoms with Crippen molar-refractivity contribution in [3.05, 3.63) is 76.9 Å². The molecule has 1 saturated heterocycles. The van der Waals surface area contributed by atoms with Crippen molar-refractivity contribution in [2.24, 2.45) is 0 Å². The summed E-state index contributed by atoms with van der Waals surface area (Å²) in [4.78, 5) is 13.6. The first-order chi connectivity index (χ1) is 18.7. The number of hydrazine groups is 1. The zero-order valence-corrected chi connectivity index (χ0v) is 22.2. The lowest BCUT2D eigenvalue weighted by Crippen LogP contribution is -2.47. The summed E-state index contributed by atoms with van der Waals surface area (Å²) in [6, 6.07) is 9.90. The van der Waals surface area contributed by atoms with Gasteiger partial charge in [0.15, 0.2) is 5.82 Å².